The Bertz CT molecular complexity index is 2280. The normalized spacial score (nSPS) is 21.1. The molecule has 0 saturated carbocycles. The Hall–Kier alpha value is -6.53. The summed E-state index contributed by atoms with van der Waals surface area (Å²) in [5.41, 5.74) is 12.1. The van der Waals surface area contributed by atoms with Gasteiger partial charge in [0.15, 0.2) is 0 Å². The lowest BCUT2D eigenvalue weighted by Crippen LogP contribution is -2.24. The average Bonchev–Trinajstić information content (AvgIpc) is 3.24. The minimum Gasteiger partial charge on any atom is -0.381 e. The molecule has 0 saturated heterocycles. The van der Waals surface area contributed by atoms with Crippen LogP contribution < -0.4 is 16.0 Å². The first-order valence-electron chi connectivity index (χ1n) is 17.9. The molecule has 4 unspecified atom stereocenters. The number of anilines is 1. The van der Waals surface area contributed by atoms with Gasteiger partial charge >= 0.3 is 0 Å². The van der Waals surface area contributed by atoms with Gasteiger partial charge in [0.25, 0.3) is 0 Å². The fourth-order valence-corrected chi connectivity index (χ4v) is 7.36. The molecule has 1 aromatic heterocycles. The number of hydrogen-bond donors (Lipinski definition) is 3. The van der Waals surface area contributed by atoms with Crippen molar-refractivity contribution in [3.05, 3.63) is 204 Å². The van der Waals surface area contributed by atoms with Crippen molar-refractivity contribution in [2.24, 2.45) is 9.98 Å². The smallest absolute Gasteiger partial charge is 0.133 e. The molecule has 4 atom stereocenters. The molecule has 3 N–H and O–H groups in total. The van der Waals surface area contributed by atoms with Gasteiger partial charge in [-0.1, -0.05) is 91.0 Å². The number of amidine groups is 1. The predicted octanol–water partition coefficient (Wildman–Crippen LogP) is 9.88. The van der Waals surface area contributed by atoms with Gasteiger partial charge < -0.3 is 16.0 Å². The molecule has 4 aromatic carbocycles. The summed E-state index contributed by atoms with van der Waals surface area (Å²) in [5.74, 6) is 0.823. The summed E-state index contributed by atoms with van der Waals surface area (Å²) in [4.78, 5) is 15.2. The first-order chi connectivity index (χ1) is 25.7. The van der Waals surface area contributed by atoms with Gasteiger partial charge in [0.1, 0.15) is 11.9 Å². The number of rotatable bonds is 7. The number of allylic oxidation sites excluding steroid dienone is 5. The molecule has 0 spiro atoms. The van der Waals surface area contributed by atoms with Crippen molar-refractivity contribution < 1.29 is 0 Å². The lowest BCUT2D eigenvalue weighted by Gasteiger charge is -2.29. The molecule has 0 bridgehead atoms. The van der Waals surface area contributed by atoms with Crippen molar-refractivity contribution in [1.29, 1.82) is 0 Å². The summed E-state index contributed by atoms with van der Waals surface area (Å²) in [5, 5.41) is 10.8. The second-order valence-corrected chi connectivity index (χ2v) is 13.4. The fraction of sp³-hybridized carbons (Fsp3) is 0.109. The van der Waals surface area contributed by atoms with Crippen LogP contribution in [-0.2, 0) is 0 Å². The quantitative estimate of drug-likeness (QED) is 0.161. The highest BCUT2D eigenvalue weighted by Gasteiger charge is 2.28. The van der Waals surface area contributed by atoms with E-state index in [0.717, 1.165) is 57.0 Å². The second-order valence-electron chi connectivity index (χ2n) is 13.4. The van der Waals surface area contributed by atoms with E-state index < -0.39 is 0 Å². The zero-order chi connectivity index (χ0) is 34.7. The first-order valence-corrected chi connectivity index (χ1v) is 17.9. The van der Waals surface area contributed by atoms with Crippen molar-refractivity contribution >= 4 is 17.7 Å². The number of aromatic nitrogens is 1. The van der Waals surface area contributed by atoms with E-state index in [1.54, 1.807) is 0 Å². The number of fused-ring (bicyclic) bond motifs is 1. The van der Waals surface area contributed by atoms with Gasteiger partial charge in [-0.15, -0.1) is 0 Å². The zero-order valence-electron chi connectivity index (χ0n) is 28.6. The van der Waals surface area contributed by atoms with Crippen molar-refractivity contribution in [2.75, 3.05) is 5.32 Å². The molecule has 0 fully saturated rings. The topological polar surface area (TPSA) is 73.7 Å². The highest BCUT2D eigenvalue weighted by atomic mass is 15.0. The Morgan fingerprint density at radius 2 is 1.33 bits per heavy atom. The van der Waals surface area contributed by atoms with E-state index >= 15 is 0 Å². The number of aliphatic imine (C=N–C) groups is 2. The summed E-state index contributed by atoms with van der Waals surface area (Å²) in [6.07, 6.45) is 25.5. The lowest BCUT2D eigenvalue weighted by atomic mass is 9.87. The Balaban J connectivity index is 1.22. The average molecular weight is 675 g/mol. The van der Waals surface area contributed by atoms with E-state index in [9.17, 15) is 0 Å². The third-order valence-electron chi connectivity index (χ3n) is 9.99. The Kier molecular flexibility index (Phi) is 8.47. The van der Waals surface area contributed by atoms with Crippen molar-refractivity contribution in [1.82, 2.24) is 15.6 Å². The number of nitrogens with zero attached hydrogens (tertiary/aromatic N) is 3. The third kappa shape index (κ3) is 6.42. The first kappa shape index (κ1) is 31.5. The molecule has 5 aromatic rings. The summed E-state index contributed by atoms with van der Waals surface area (Å²) >= 11 is 0. The molecule has 6 nitrogen and oxygen atoms in total. The van der Waals surface area contributed by atoms with Gasteiger partial charge in [-0.05, 0) is 113 Å². The van der Waals surface area contributed by atoms with Gasteiger partial charge in [0, 0.05) is 34.8 Å². The van der Waals surface area contributed by atoms with Crippen LogP contribution in [0.2, 0.25) is 0 Å². The second kappa shape index (κ2) is 14.0. The van der Waals surface area contributed by atoms with E-state index in [1.165, 1.54) is 16.7 Å². The monoisotopic (exact) mass is 674 g/mol. The molecule has 252 valence electrons. The summed E-state index contributed by atoms with van der Waals surface area (Å²) < 4.78 is 0. The number of dihydropyridines is 3. The van der Waals surface area contributed by atoms with Crippen LogP contribution in [0.4, 0.5) is 5.69 Å². The molecule has 4 aliphatic heterocycles. The number of pyridine rings is 1. The molecular weight excluding hydrogens is 637 g/mol. The molecule has 0 radical (unpaired) electrons. The van der Waals surface area contributed by atoms with Gasteiger partial charge in [-0.3, -0.25) is 15.0 Å². The standard InChI is InChI=1S/C46H38N6/c1-2-12-31(13-3-1)32-18-19-44-39(30-32)45(37-26-33(40-14-4-8-20-47-40)24-34(27-37)41-15-5-9-21-48-41)52-46(51-44)38-28-35(42-16-6-10-22-49-42)25-36(29-38)43-17-7-11-23-50-43/h1-14,16-30,40-42,45,47,49H,15H2,(H,51,52). The highest BCUT2D eigenvalue weighted by Crippen LogP contribution is 2.41. The van der Waals surface area contributed by atoms with Gasteiger partial charge in [-0.2, -0.15) is 0 Å². The maximum absolute atomic E-state index is 5.62. The van der Waals surface area contributed by atoms with Gasteiger partial charge in [0.2, 0.25) is 0 Å². The molecule has 4 aliphatic rings. The summed E-state index contributed by atoms with van der Waals surface area (Å²) in [6.45, 7) is 0. The molecular formula is C46H38N6. The van der Waals surface area contributed by atoms with Crippen LogP contribution in [0.15, 0.2) is 180 Å². The van der Waals surface area contributed by atoms with Crippen molar-refractivity contribution in [3.63, 3.8) is 0 Å². The number of hydrogen-bond acceptors (Lipinski definition) is 6. The van der Waals surface area contributed by atoms with Crippen LogP contribution >= 0.6 is 0 Å². The maximum atomic E-state index is 5.62. The lowest BCUT2D eigenvalue weighted by molar-refractivity contribution is 0.713. The maximum Gasteiger partial charge on any atom is 0.133 e. The summed E-state index contributed by atoms with van der Waals surface area (Å²) in [7, 11) is 0. The largest absolute Gasteiger partial charge is 0.381 e. The molecule has 0 aliphatic carbocycles. The van der Waals surface area contributed by atoms with Crippen LogP contribution in [0.5, 0.6) is 0 Å². The Labute approximate surface area is 304 Å². The van der Waals surface area contributed by atoms with E-state index in [1.807, 2.05) is 55.2 Å². The summed E-state index contributed by atoms with van der Waals surface area (Å²) in [6, 6.07) is 36.8. The van der Waals surface area contributed by atoms with Crippen molar-refractivity contribution in [2.45, 2.75) is 30.6 Å². The van der Waals surface area contributed by atoms with Crippen LogP contribution in [0.25, 0.3) is 22.4 Å². The zero-order valence-corrected chi connectivity index (χ0v) is 28.6. The van der Waals surface area contributed by atoms with Crippen molar-refractivity contribution in [3.8, 4) is 22.4 Å². The van der Waals surface area contributed by atoms with Crippen LogP contribution in [0, 0.1) is 0 Å². The molecule has 5 heterocycles. The minimum atomic E-state index is -0.266. The highest BCUT2D eigenvalue weighted by molar-refractivity contribution is 6.11. The number of benzene rings is 4. The van der Waals surface area contributed by atoms with E-state index in [4.69, 9.17) is 15.0 Å². The molecule has 6 heteroatoms. The molecule has 9 rings (SSSR count). The molecule has 52 heavy (non-hydrogen) atoms. The fourth-order valence-electron chi connectivity index (χ4n) is 7.36. The minimum absolute atomic E-state index is 0.0301. The van der Waals surface area contributed by atoms with E-state index in [2.05, 4.69) is 137 Å². The Morgan fingerprint density at radius 3 is 2.06 bits per heavy atom. The third-order valence-corrected chi connectivity index (χ3v) is 9.99. The van der Waals surface area contributed by atoms with Gasteiger partial charge in [0.05, 0.1) is 23.8 Å². The van der Waals surface area contributed by atoms with Crippen LogP contribution in [-0.4, -0.2) is 17.0 Å². The van der Waals surface area contributed by atoms with Crippen LogP contribution in [0.3, 0.4) is 0 Å². The Morgan fingerprint density at radius 1 is 0.577 bits per heavy atom. The van der Waals surface area contributed by atoms with E-state index in [-0.39, 0.29) is 24.2 Å². The molecule has 0 amide bonds. The SMILES string of the molecule is C1=CCC(c2cc(C3C=CC=CN3)cc(C3N=C(c4cc(-c5ccccn5)cc(C5C=CC=CN5)c4)Nc4ccc(-c5ccccc5)cc43)c2)N=C1. The van der Waals surface area contributed by atoms with E-state index in [0.29, 0.717) is 0 Å². The predicted molar refractivity (Wildman–Crippen MR) is 213 cm³/mol. The number of nitrogens with one attached hydrogen (secondary N) is 3. The van der Waals surface area contributed by atoms with Crippen LogP contribution in [0.1, 0.15) is 64.0 Å². The van der Waals surface area contributed by atoms with Gasteiger partial charge in [-0.25, -0.2) is 0 Å².